The summed E-state index contributed by atoms with van der Waals surface area (Å²) in [6.07, 6.45) is 6.38. The van der Waals surface area contributed by atoms with Gasteiger partial charge < -0.3 is 5.32 Å². The van der Waals surface area contributed by atoms with Crippen molar-refractivity contribution < 1.29 is 0 Å². The van der Waals surface area contributed by atoms with Crippen LogP contribution in [-0.2, 0) is 25.8 Å². The van der Waals surface area contributed by atoms with Gasteiger partial charge >= 0.3 is 0 Å². The van der Waals surface area contributed by atoms with Gasteiger partial charge in [-0.2, -0.15) is 0 Å². The predicted octanol–water partition coefficient (Wildman–Crippen LogP) is 3.99. The Labute approximate surface area is 127 Å². The third-order valence-corrected chi connectivity index (χ3v) is 5.15. The minimum Gasteiger partial charge on any atom is -0.312 e. The Morgan fingerprint density at radius 1 is 0.952 bits per heavy atom. The van der Waals surface area contributed by atoms with Gasteiger partial charge in [-0.05, 0) is 65.8 Å². The molecule has 1 heterocycles. The lowest BCUT2D eigenvalue weighted by molar-refractivity contribution is 0.514. The molecule has 0 fully saturated rings. The Morgan fingerprint density at radius 2 is 1.86 bits per heavy atom. The van der Waals surface area contributed by atoms with Gasteiger partial charge in [-0.3, -0.25) is 0 Å². The summed E-state index contributed by atoms with van der Waals surface area (Å²) in [5.41, 5.74) is 7.77. The van der Waals surface area contributed by atoms with Gasteiger partial charge in [0.1, 0.15) is 0 Å². The van der Waals surface area contributed by atoms with Crippen molar-refractivity contribution in [2.24, 2.45) is 0 Å². The third-order valence-electron chi connectivity index (χ3n) is 5.15. The number of nitrogens with one attached hydrogen (secondary N) is 1. The largest absolute Gasteiger partial charge is 0.312 e. The van der Waals surface area contributed by atoms with E-state index >= 15 is 0 Å². The van der Waals surface area contributed by atoms with Gasteiger partial charge in [-0.25, -0.2) is 0 Å². The molecule has 21 heavy (non-hydrogen) atoms. The highest BCUT2D eigenvalue weighted by atomic mass is 14.9. The molecule has 0 saturated carbocycles. The Hall–Kier alpha value is -1.60. The number of benzene rings is 2. The first-order valence-corrected chi connectivity index (χ1v) is 8.29. The molecule has 0 saturated heterocycles. The van der Waals surface area contributed by atoms with Crippen molar-refractivity contribution in [1.29, 1.82) is 0 Å². The maximum atomic E-state index is 3.57. The summed E-state index contributed by atoms with van der Waals surface area (Å²) in [4.78, 5) is 0. The number of fused-ring (bicyclic) bond motifs is 2. The van der Waals surface area contributed by atoms with Crippen LogP contribution in [0.1, 0.15) is 46.6 Å². The molecule has 108 valence electrons. The van der Waals surface area contributed by atoms with Gasteiger partial charge in [0, 0.05) is 13.1 Å². The summed E-state index contributed by atoms with van der Waals surface area (Å²) in [7, 11) is 0. The molecule has 0 aromatic heterocycles. The van der Waals surface area contributed by atoms with Crippen molar-refractivity contribution >= 4 is 0 Å². The summed E-state index contributed by atoms with van der Waals surface area (Å²) in [6.45, 7) is 2.16. The molecule has 4 rings (SSSR count). The zero-order chi connectivity index (χ0) is 14.1. The molecule has 1 N–H and O–H groups in total. The molecule has 2 aliphatic rings. The molecule has 1 aliphatic carbocycles. The molecule has 0 amide bonds. The second-order valence-corrected chi connectivity index (χ2v) is 6.52. The van der Waals surface area contributed by atoms with Crippen molar-refractivity contribution in [2.75, 3.05) is 6.54 Å². The third kappa shape index (κ3) is 2.63. The molecule has 2 aromatic rings. The first kappa shape index (κ1) is 13.1. The lowest BCUT2D eigenvalue weighted by Gasteiger charge is -2.26. The van der Waals surface area contributed by atoms with Crippen LogP contribution in [-0.4, -0.2) is 6.54 Å². The second-order valence-electron chi connectivity index (χ2n) is 6.52. The van der Waals surface area contributed by atoms with Crippen LogP contribution < -0.4 is 5.32 Å². The van der Waals surface area contributed by atoms with Crippen molar-refractivity contribution in [3.8, 4) is 0 Å². The monoisotopic (exact) mass is 277 g/mol. The van der Waals surface area contributed by atoms with Gasteiger partial charge in [-0.15, -0.1) is 0 Å². The van der Waals surface area contributed by atoms with Crippen LogP contribution in [0.15, 0.2) is 42.5 Å². The molecule has 1 heteroatoms. The Morgan fingerprint density at radius 3 is 2.86 bits per heavy atom. The predicted molar refractivity (Wildman–Crippen MR) is 87.7 cm³/mol. The maximum absolute atomic E-state index is 3.57. The Balaban J connectivity index is 1.48. The maximum Gasteiger partial charge on any atom is 0.0208 e. The number of aryl methyl sites for hydroxylation is 3. The van der Waals surface area contributed by atoms with Gasteiger partial charge in [-0.1, -0.05) is 42.5 Å². The SMILES string of the molecule is c1ccc2c(c1)CNCC2CCc1ccc2c(c1)CCC2. The fourth-order valence-electron chi connectivity index (χ4n) is 3.96. The van der Waals surface area contributed by atoms with E-state index in [1.54, 1.807) is 16.7 Å². The molecule has 0 radical (unpaired) electrons. The summed E-state index contributed by atoms with van der Waals surface area (Å²) in [5.74, 6) is 0.670. The highest BCUT2D eigenvalue weighted by Gasteiger charge is 2.19. The van der Waals surface area contributed by atoms with Gasteiger partial charge in [0.25, 0.3) is 0 Å². The smallest absolute Gasteiger partial charge is 0.0208 e. The highest BCUT2D eigenvalue weighted by Crippen LogP contribution is 2.29. The van der Waals surface area contributed by atoms with E-state index in [1.165, 1.54) is 43.2 Å². The van der Waals surface area contributed by atoms with Gasteiger partial charge in [0.15, 0.2) is 0 Å². The van der Waals surface area contributed by atoms with E-state index in [4.69, 9.17) is 0 Å². The van der Waals surface area contributed by atoms with Gasteiger partial charge in [0.05, 0.1) is 0 Å². The van der Waals surface area contributed by atoms with Crippen molar-refractivity contribution in [3.63, 3.8) is 0 Å². The standard InChI is InChI=1S/C20H23N/c1-2-7-20-18(4-1)13-21-14-19(20)11-9-15-8-10-16-5-3-6-17(16)12-15/h1-2,4,7-8,10,12,19,21H,3,5-6,9,11,13-14H2. The molecule has 2 aromatic carbocycles. The summed E-state index contributed by atoms with van der Waals surface area (Å²) in [6, 6.07) is 16.1. The number of hydrogen-bond donors (Lipinski definition) is 1. The van der Waals surface area contributed by atoms with E-state index in [0.29, 0.717) is 5.92 Å². The van der Waals surface area contributed by atoms with Crippen LogP contribution in [0.5, 0.6) is 0 Å². The van der Waals surface area contributed by atoms with E-state index < -0.39 is 0 Å². The fraction of sp³-hybridized carbons (Fsp3) is 0.400. The lowest BCUT2D eigenvalue weighted by atomic mass is 9.86. The van der Waals surface area contributed by atoms with E-state index in [1.807, 2.05) is 0 Å². The van der Waals surface area contributed by atoms with Crippen LogP contribution in [0, 0.1) is 0 Å². The Bertz CT molecular complexity index is 644. The first-order valence-electron chi connectivity index (χ1n) is 8.29. The summed E-state index contributed by atoms with van der Waals surface area (Å²) < 4.78 is 0. The van der Waals surface area contributed by atoms with Crippen molar-refractivity contribution in [3.05, 3.63) is 70.3 Å². The minimum absolute atomic E-state index is 0.670. The molecule has 1 atom stereocenters. The fourth-order valence-corrected chi connectivity index (χ4v) is 3.96. The van der Waals surface area contributed by atoms with Crippen LogP contribution in [0.4, 0.5) is 0 Å². The molecule has 0 bridgehead atoms. The number of rotatable bonds is 3. The molecule has 1 nitrogen and oxygen atoms in total. The molecule has 1 unspecified atom stereocenters. The average molecular weight is 277 g/mol. The lowest BCUT2D eigenvalue weighted by Crippen LogP contribution is -2.28. The number of hydrogen-bond acceptors (Lipinski definition) is 1. The summed E-state index contributed by atoms with van der Waals surface area (Å²) >= 11 is 0. The van der Waals surface area contributed by atoms with E-state index in [9.17, 15) is 0 Å². The average Bonchev–Trinajstić information content (AvgIpc) is 3.00. The first-order chi connectivity index (χ1) is 10.4. The molecule has 1 aliphatic heterocycles. The van der Waals surface area contributed by atoms with Crippen molar-refractivity contribution in [1.82, 2.24) is 5.32 Å². The van der Waals surface area contributed by atoms with Crippen LogP contribution in [0.3, 0.4) is 0 Å². The van der Waals surface area contributed by atoms with Crippen molar-refractivity contribution in [2.45, 2.75) is 44.6 Å². The molecular formula is C20H23N. The van der Waals surface area contributed by atoms with Crippen LogP contribution in [0.25, 0.3) is 0 Å². The molecule has 0 spiro atoms. The van der Waals surface area contributed by atoms with E-state index in [0.717, 1.165) is 13.1 Å². The highest BCUT2D eigenvalue weighted by molar-refractivity contribution is 5.36. The Kier molecular flexibility index (Phi) is 3.52. The van der Waals surface area contributed by atoms with Crippen LogP contribution in [0.2, 0.25) is 0 Å². The zero-order valence-electron chi connectivity index (χ0n) is 12.6. The summed E-state index contributed by atoms with van der Waals surface area (Å²) in [5, 5.41) is 3.57. The molecular weight excluding hydrogens is 254 g/mol. The van der Waals surface area contributed by atoms with Crippen LogP contribution >= 0.6 is 0 Å². The topological polar surface area (TPSA) is 12.0 Å². The minimum atomic E-state index is 0.670. The quantitative estimate of drug-likeness (QED) is 0.894. The normalized spacial score (nSPS) is 20.1. The van der Waals surface area contributed by atoms with Gasteiger partial charge in [0.2, 0.25) is 0 Å². The van der Waals surface area contributed by atoms with E-state index in [2.05, 4.69) is 47.8 Å². The zero-order valence-corrected chi connectivity index (χ0v) is 12.6. The second kappa shape index (κ2) is 5.65. The van der Waals surface area contributed by atoms with E-state index in [-0.39, 0.29) is 0 Å².